The summed E-state index contributed by atoms with van der Waals surface area (Å²) in [6.45, 7) is 9.52. The van der Waals surface area contributed by atoms with Gasteiger partial charge in [-0.2, -0.15) is 0 Å². The summed E-state index contributed by atoms with van der Waals surface area (Å²) in [5.74, 6) is 0. The molecule has 0 bridgehead atoms. The van der Waals surface area contributed by atoms with Gasteiger partial charge in [0, 0.05) is 0 Å². The molecule has 0 aliphatic heterocycles. The molecule has 0 aliphatic carbocycles. The average Bonchev–Trinajstić information content (AvgIpc) is 2.51. The Morgan fingerprint density at radius 2 is 0.762 bits per heavy atom. The third-order valence-electron chi connectivity index (χ3n) is 5.43. The fourth-order valence-electron chi connectivity index (χ4n) is 3.69. The maximum atomic E-state index is 2.52. The van der Waals surface area contributed by atoms with Crippen molar-refractivity contribution < 1.29 is 0 Å². The van der Waals surface area contributed by atoms with Crippen molar-refractivity contribution in [2.75, 3.05) is 24.6 Å². The minimum absolute atomic E-state index is 0.917. The van der Waals surface area contributed by atoms with Crippen molar-refractivity contribution in [3.05, 3.63) is 0 Å². The van der Waals surface area contributed by atoms with Crippen LogP contribution in [0.1, 0.15) is 105 Å². The van der Waals surface area contributed by atoms with E-state index in [1.807, 2.05) is 0 Å². The molecule has 0 heterocycles. The molecule has 21 heavy (non-hydrogen) atoms. The van der Waals surface area contributed by atoms with Crippen LogP contribution in [0.5, 0.6) is 0 Å². The van der Waals surface area contributed by atoms with E-state index in [2.05, 4.69) is 27.7 Å². The van der Waals surface area contributed by atoms with E-state index in [0.29, 0.717) is 0 Å². The second-order valence-corrected chi connectivity index (χ2v) is 12.5. The van der Waals surface area contributed by atoms with E-state index < -0.39 is 7.26 Å². The van der Waals surface area contributed by atoms with E-state index in [1.165, 1.54) is 70.6 Å². The molecule has 0 fully saturated rings. The van der Waals surface area contributed by atoms with Gasteiger partial charge in [0.05, 0.1) is 0 Å². The molecule has 0 aromatic rings. The topological polar surface area (TPSA) is 0 Å². The molecule has 0 saturated carbocycles. The van der Waals surface area contributed by atoms with Crippen molar-refractivity contribution in [3.8, 4) is 0 Å². The van der Waals surface area contributed by atoms with Gasteiger partial charge in [-0.3, -0.25) is 0 Å². The van der Waals surface area contributed by atoms with Crippen LogP contribution >= 0.6 is 7.26 Å². The Kier molecular flexibility index (Phi) is 15.6. The molecule has 130 valence electrons. The van der Waals surface area contributed by atoms with E-state index in [9.17, 15) is 0 Å². The molecule has 0 aromatic carbocycles. The van der Waals surface area contributed by atoms with Gasteiger partial charge in [-0.05, 0) is 0 Å². The quantitative estimate of drug-likeness (QED) is 0.204. The average molecular weight is 317 g/mol. The molecular formula is C20H45P. The summed E-state index contributed by atoms with van der Waals surface area (Å²) in [7, 11) is -0.917. The van der Waals surface area contributed by atoms with Crippen LogP contribution in [0.15, 0.2) is 0 Å². The summed E-state index contributed by atoms with van der Waals surface area (Å²) in [5.41, 5.74) is 0. The zero-order chi connectivity index (χ0) is 15.8. The maximum absolute atomic E-state index is 2.52. The van der Waals surface area contributed by atoms with Crippen LogP contribution in [0.2, 0.25) is 0 Å². The minimum atomic E-state index is -0.917. The SMILES string of the molecule is CCCCCCC[PH](CC)(CCCCC)CCCCCC. The van der Waals surface area contributed by atoms with Gasteiger partial charge in [-0.15, -0.1) is 0 Å². The van der Waals surface area contributed by atoms with Crippen LogP contribution < -0.4 is 0 Å². The molecule has 0 aromatic heterocycles. The van der Waals surface area contributed by atoms with Gasteiger partial charge >= 0.3 is 137 Å². The number of rotatable bonds is 16. The van der Waals surface area contributed by atoms with Gasteiger partial charge in [-0.25, -0.2) is 0 Å². The third kappa shape index (κ3) is 11.6. The van der Waals surface area contributed by atoms with E-state index in [0.717, 1.165) is 0 Å². The number of unbranched alkanes of at least 4 members (excludes halogenated alkanes) is 9. The van der Waals surface area contributed by atoms with E-state index >= 15 is 0 Å². The van der Waals surface area contributed by atoms with Crippen molar-refractivity contribution in [2.45, 2.75) is 105 Å². The Morgan fingerprint density at radius 3 is 1.19 bits per heavy atom. The summed E-state index contributed by atoms with van der Waals surface area (Å²) in [5, 5.41) is 0. The van der Waals surface area contributed by atoms with E-state index in [4.69, 9.17) is 0 Å². The molecule has 0 amide bonds. The van der Waals surface area contributed by atoms with Gasteiger partial charge in [0.2, 0.25) is 0 Å². The first-order valence-corrected chi connectivity index (χ1v) is 13.1. The molecular weight excluding hydrogens is 271 g/mol. The fraction of sp³-hybridized carbons (Fsp3) is 1.00. The molecule has 0 aliphatic rings. The van der Waals surface area contributed by atoms with Crippen LogP contribution in [0.25, 0.3) is 0 Å². The molecule has 1 heteroatoms. The van der Waals surface area contributed by atoms with Crippen molar-refractivity contribution in [1.82, 2.24) is 0 Å². The standard InChI is InChI=1S/C20H45P/c1-5-9-12-14-17-20-21(8-4,18-15-11-7-3)19-16-13-10-6-2/h21H,5-20H2,1-4H3. The van der Waals surface area contributed by atoms with Crippen molar-refractivity contribution in [1.29, 1.82) is 0 Å². The molecule has 0 saturated heterocycles. The van der Waals surface area contributed by atoms with E-state index in [-0.39, 0.29) is 0 Å². The second kappa shape index (κ2) is 15.3. The number of hydrogen-bond acceptors (Lipinski definition) is 0. The van der Waals surface area contributed by atoms with Crippen LogP contribution in [0.4, 0.5) is 0 Å². The molecule has 0 spiro atoms. The Balaban J connectivity index is 4.19. The molecule has 0 unspecified atom stereocenters. The fourth-order valence-corrected chi connectivity index (χ4v) is 8.50. The Labute approximate surface area is 137 Å². The van der Waals surface area contributed by atoms with Crippen molar-refractivity contribution in [3.63, 3.8) is 0 Å². The monoisotopic (exact) mass is 316 g/mol. The zero-order valence-corrected chi connectivity index (χ0v) is 16.8. The summed E-state index contributed by atoms with van der Waals surface area (Å²) < 4.78 is 0. The normalized spacial score (nSPS) is 12.8. The van der Waals surface area contributed by atoms with Gasteiger partial charge in [-0.1, -0.05) is 0 Å². The second-order valence-electron chi connectivity index (χ2n) is 7.29. The third-order valence-corrected chi connectivity index (χ3v) is 11.2. The van der Waals surface area contributed by atoms with Gasteiger partial charge in [0.25, 0.3) is 0 Å². The van der Waals surface area contributed by atoms with Crippen LogP contribution in [-0.4, -0.2) is 24.6 Å². The van der Waals surface area contributed by atoms with E-state index in [1.54, 1.807) is 31.1 Å². The van der Waals surface area contributed by atoms with Crippen LogP contribution in [0, 0.1) is 0 Å². The molecule has 0 radical (unpaired) electrons. The summed E-state index contributed by atoms with van der Waals surface area (Å²) in [6, 6.07) is 0. The van der Waals surface area contributed by atoms with Crippen molar-refractivity contribution in [2.24, 2.45) is 0 Å². The van der Waals surface area contributed by atoms with Crippen molar-refractivity contribution >= 4 is 7.26 Å². The zero-order valence-electron chi connectivity index (χ0n) is 15.8. The Hall–Kier alpha value is 0.430. The Bertz CT molecular complexity index is 202. The van der Waals surface area contributed by atoms with Gasteiger partial charge < -0.3 is 0 Å². The van der Waals surface area contributed by atoms with Gasteiger partial charge in [0.1, 0.15) is 0 Å². The predicted octanol–water partition coefficient (Wildman–Crippen LogP) is 7.50. The van der Waals surface area contributed by atoms with Gasteiger partial charge in [0.15, 0.2) is 0 Å². The molecule has 0 nitrogen and oxygen atoms in total. The predicted molar refractivity (Wildman–Crippen MR) is 106 cm³/mol. The first-order valence-electron chi connectivity index (χ1n) is 10.2. The summed E-state index contributed by atoms with van der Waals surface area (Å²) in [4.78, 5) is 0. The van der Waals surface area contributed by atoms with Crippen LogP contribution in [-0.2, 0) is 0 Å². The summed E-state index contributed by atoms with van der Waals surface area (Å²) in [6.07, 6.45) is 24.1. The molecule has 0 rings (SSSR count). The molecule has 0 atom stereocenters. The van der Waals surface area contributed by atoms with Crippen LogP contribution in [0.3, 0.4) is 0 Å². The molecule has 0 N–H and O–H groups in total. The Morgan fingerprint density at radius 1 is 0.429 bits per heavy atom. The first kappa shape index (κ1) is 21.4. The number of hydrogen-bond donors (Lipinski definition) is 0. The first-order chi connectivity index (χ1) is 10.2. The summed E-state index contributed by atoms with van der Waals surface area (Å²) >= 11 is 0.